The van der Waals surface area contributed by atoms with E-state index >= 15 is 0 Å². The van der Waals surface area contributed by atoms with Crippen LogP contribution >= 0.6 is 0 Å². The summed E-state index contributed by atoms with van der Waals surface area (Å²) in [6, 6.07) is 0.922. The molecule has 4 N–H and O–H groups in total. The summed E-state index contributed by atoms with van der Waals surface area (Å²) < 4.78 is 12.4. The van der Waals surface area contributed by atoms with E-state index in [1.165, 1.54) is 0 Å². The van der Waals surface area contributed by atoms with Crippen LogP contribution in [0.2, 0.25) is 0 Å². The van der Waals surface area contributed by atoms with Crippen molar-refractivity contribution in [3.8, 4) is 5.75 Å². The third-order valence-corrected chi connectivity index (χ3v) is 1.24. The van der Waals surface area contributed by atoms with E-state index in [1.807, 2.05) is 0 Å². The molecule has 0 aliphatic rings. The fourth-order valence-corrected chi connectivity index (χ4v) is 0.697. The van der Waals surface area contributed by atoms with Crippen LogP contribution in [0, 0.1) is 5.95 Å². The zero-order valence-electron chi connectivity index (χ0n) is 5.58. The first kappa shape index (κ1) is 7.74. The summed E-state index contributed by atoms with van der Waals surface area (Å²) in [5, 5.41) is 17.6. The summed E-state index contributed by atoms with van der Waals surface area (Å²) in [5.41, 5.74) is 5.12. The number of aromatic hydroxyl groups is 1. The molecule has 0 saturated carbocycles. The summed E-state index contributed by atoms with van der Waals surface area (Å²) in [6.07, 6.45) is 0. The van der Waals surface area contributed by atoms with Crippen molar-refractivity contribution in [1.29, 1.82) is 0 Å². The van der Waals surface area contributed by atoms with E-state index in [0.717, 1.165) is 6.07 Å². The quantitative estimate of drug-likeness (QED) is 0.502. The normalized spacial score (nSPS) is 10.0. The number of hydrogen-bond acceptors (Lipinski definition) is 4. The van der Waals surface area contributed by atoms with Crippen LogP contribution in [-0.4, -0.2) is 15.2 Å². The minimum absolute atomic E-state index is 0.0370. The molecule has 0 unspecified atom stereocenters. The Balaban J connectivity index is 3.24. The Labute approximate surface area is 62.1 Å². The number of hydrogen-bond donors (Lipinski definition) is 3. The number of aliphatic hydroxyl groups is 1. The van der Waals surface area contributed by atoms with Crippen molar-refractivity contribution in [2.24, 2.45) is 0 Å². The molecule has 0 fully saturated rings. The van der Waals surface area contributed by atoms with Gasteiger partial charge < -0.3 is 15.9 Å². The van der Waals surface area contributed by atoms with E-state index in [1.54, 1.807) is 0 Å². The second-order valence-electron chi connectivity index (χ2n) is 2.00. The van der Waals surface area contributed by atoms with Crippen LogP contribution in [-0.2, 0) is 6.61 Å². The number of nitrogens with two attached hydrogens (primary N) is 1. The molecular weight excluding hydrogens is 151 g/mol. The van der Waals surface area contributed by atoms with Crippen LogP contribution in [0.5, 0.6) is 5.75 Å². The molecule has 5 heteroatoms. The number of aromatic nitrogens is 1. The van der Waals surface area contributed by atoms with Gasteiger partial charge in [0.1, 0.15) is 0 Å². The maximum atomic E-state index is 12.4. The molecule has 0 spiro atoms. The molecule has 60 valence electrons. The number of nitrogens with zero attached hydrogens (tertiary/aromatic N) is 1. The van der Waals surface area contributed by atoms with Crippen molar-refractivity contribution in [3.05, 3.63) is 17.6 Å². The fourth-order valence-electron chi connectivity index (χ4n) is 0.697. The van der Waals surface area contributed by atoms with Gasteiger partial charge in [-0.1, -0.05) is 0 Å². The molecule has 0 bridgehead atoms. The van der Waals surface area contributed by atoms with E-state index in [9.17, 15) is 4.39 Å². The lowest BCUT2D eigenvalue weighted by atomic mass is 10.2. The van der Waals surface area contributed by atoms with Gasteiger partial charge in [0, 0.05) is 11.6 Å². The maximum absolute atomic E-state index is 12.4. The van der Waals surface area contributed by atoms with Crippen LogP contribution in [0.25, 0.3) is 0 Å². The van der Waals surface area contributed by atoms with Crippen molar-refractivity contribution in [3.63, 3.8) is 0 Å². The van der Waals surface area contributed by atoms with Crippen LogP contribution in [0.1, 0.15) is 5.56 Å². The first-order chi connectivity index (χ1) is 5.15. The average molecular weight is 158 g/mol. The van der Waals surface area contributed by atoms with E-state index < -0.39 is 12.6 Å². The second-order valence-corrected chi connectivity index (χ2v) is 2.00. The summed E-state index contributed by atoms with van der Waals surface area (Å²) in [7, 11) is 0. The Morgan fingerprint density at radius 3 is 2.82 bits per heavy atom. The highest BCUT2D eigenvalue weighted by atomic mass is 19.1. The molecule has 0 amide bonds. The largest absolute Gasteiger partial charge is 0.504 e. The van der Waals surface area contributed by atoms with Gasteiger partial charge in [0.05, 0.1) is 6.61 Å². The standard InChI is InChI=1S/C6H7FN2O2/c7-4-1-3(2-10)5(11)6(8)9-4/h1,10-11H,2H2,(H2,8,9). The Morgan fingerprint density at radius 2 is 2.27 bits per heavy atom. The summed E-state index contributed by atoms with van der Waals surface area (Å²) in [6.45, 7) is -0.463. The Bertz CT molecular complexity index is 278. The number of pyridine rings is 1. The predicted molar refractivity (Wildman–Crippen MR) is 36.2 cm³/mol. The van der Waals surface area contributed by atoms with E-state index in [0.29, 0.717) is 0 Å². The Morgan fingerprint density at radius 1 is 1.64 bits per heavy atom. The van der Waals surface area contributed by atoms with Crippen molar-refractivity contribution in [1.82, 2.24) is 4.98 Å². The lowest BCUT2D eigenvalue weighted by Gasteiger charge is -2.02. The predicted octanol–water partition coefficient (Wildman–Crippen LogP) is 0.000800. The average Bonchev–Trinajstić information content (AvgIpc) is 1.96. The molecule has 11 heavy (non-hydrogen) atoms. The van der Waals surface area contributed by atoms with E-state index in [-0.39, 0.29) is 17.1 Å². The highest BCUT2D eigenvalue weighted by Gasteiger charge is 2.07. The third-order valence-electron chi connectivity index (χ3n) is 1.24. The van der Waals surface area contributed by atoms with Gasteiger partial charge in [-0.05, 0) is 0 Å². The first-order valence-electron chi connectivity index (χ1n) is 2.90. The lowest BCUT2D eigenvalue weighted by Crippen LogP contribution is -1.97. The fraction of sp³-hybridized carbons (Fsp3) is 0.167. The van der Waals surface area contributed by atoms with E-state index in [4.69, 9.17) is 15.9 Å². The number of nitrogen functional groups attached to an aromatic ring is 1. The van der Waals surface area contributed by atoms with Crippen molar-refractivity contribution >= 4 is 5.82 Å². The number of rotatable bonds is 1. The SMILES string of the molecule is Nc1nc(F)cc(CO)c1O. The molecule has 1 aromatic heterocycles. The molecule has 4 nitrogen and oxygen atoms in total. The van der Waals surface area contributed by atoms with Gasteiger partial charge in [-0.25, -0.2) is 0 Å². The molecule has 1 aromatic rings. The van der Waals surface area contributed by atoms with Gasteiger partial charge >= 0.3 is 0 Å². The van der Waals surface area contributed by atoms with Gasteiger partial charge in [-0.2, -0.15) is 9.37 Å². The lowest BCUT2D eigenvalue weighted by molar-refractivity contribution is 0.274. The Kier molecular flexibility index (Phi) is 1.91. The van der Waals surface area contributed by atoms with Crippen molar-refractivity contribution in [2.45, 2.75) is 6.61 Å². The highest BCUT2D eigenvalue weighted by Crippen LogP contribution is 2.22. The van der Waals surface area contributed by atoms with Crippen LogP contribution in [0.3, 0.4) is 0 Å². The highest BCUT2D eigenvalue weighted by molar-refractivity contribution is 5.49. The topological polar surface area (TPSA) is 79.4 Å². The summed E-state index contributed by atoms with van der Waals surface area (Å²) >= 11 is 0. The van der Waals surface area contributed by atoms with E-state index in [2.05, 4.69) is 4.98 Å². The molecule has 0 aliphatic heterocycles. The number of aliphatic hydroxyl groups excluding tert-OH is 1. The Hall–Kier alpha value is -1.36. The molecular formula is C6H7FN2O2. The molecule has 0 radical (unpaired) electrons. The monoisotopic (exact) mass is 158 g/mol. The van der Waals surface area contributed by atoms with Gasteiger partial charge in [0.15, 0.2) is 11.6 Å². The zero-order valence-corrected chi connectivity index (χ0v) is 5.58. The van der Waals surface area contributed by atoms with Crippen LogP contribution in [0.15, 0.2) is 6.07 Å². The zero-order chi connectivity index (χ0) is 8.43. The van der Waals surface area contributed by atoms with Crippen LogP contribution < -0.4 is 5.73 Å². The van der Waals surface area contributed by atoms with Crippen molar-refractivity contribution in [2.75, 3.05) is 5.73 Å². The second kappa shape index (κ2) is 2.71. The number of halogens is 1. The van der Waals surface area contributed by atoms with Gasteiger partial charge in [-0.3, -0.25) is 0 Å². The molecule has 1 rings (SSSR count). The molecule has 0 atom stereocenters. The summed E-state index contributed by atoms with van der Waals surface area (Å²) in [4.78, 5) is 3.13. The first-order valence-corrected chi connectivity index (χ1v) is 2.90. The maximum Gasteiger partial charge on any atom is 0.215 e. The van der Waals surface area contributed by atoms with Crippen LogP contribution in [0.4, 0.5) is 10.2 Å². The third kappa shape index (κ3) is 1.38. The molecule has 0 saturated heterocycles. The van der Waals surface area contributed by atoms with Gasteiger partial charge in [-0.15, -0.1) is 0 Å². The summed E-state index contributed by atoms with van der Waals surface area (Å²) in [5.74, 6) is -1.49. The molecule has 0 aliphatic carbocycles. The number of anilines is 1. The smallest absolute Gasteiger partial charge is 0.215 e. The van der Waals surface area contributed by atoms with Gasteiger partial charge in [0.2, 0.25) is 5.95 Å². The van der Waals surface area contributed by atoms with Gasteiger partial charge in [0.25, 0.3) is 0 Å². The molecule has 0 aromatic carbocycles. The minimum Gasteiger partial charge on any atom is -0.504 e. The molecule has 1 heterocycles. The van der Waals surface area contributed by atoms with Crippen molar-refractivity contribution < 1.29 is 14.6 Å². The minimum atomic E-state index is -0.815.